The molecule has 0 unspecified atom stereocenters. The van der Waals surface area contributed by atoms with E-state index in [1.54, 1.807) is 36.4 Å². The lowest BCUT2D eigenvalue weighted by atomic mass is 10.1. The Labute approximate surface area is 192 Å². The Kier molecular flexibility index (Phi) is 6.71. The molecule has 1 aromatic heterocycles. The van der Waals surface area contributed by atoms with Crippen molar-refractivity contribution in [1.29, 1.82) is 0 Å². The number of hydrogen-bond acceptors (Lipinski definition) is 5. The number of aryl methyl sites for hydroxylation is 1. The molecule has 0 saturated heterocycles. The Morgan fingerprint density at radius 3 is 2.61 bits per heavy atom. The van der Waals surface area contributed by atoms with Gasteiger partial charge in [0, 0.05) is 34.6 Å². The van der Waals surface area contributed by atoms with E-state index < -0.39 is 15.9 Å². The predicted molar refractivity (Wildman–Crippen MR) is 127 cm³/mol. The Bertz CT molecular complexity index is 1330. The number of benzene rings is 2. The Hall–Kier alpha value is -3.30. The van der Waals surface area contributed by atoms with Crippen molar-refractivity contribution < 1.29 is 13.2 Å². The summed E-state index contributed by atoms with van der Waals surface area (Å²) in [6.07, 6.45) is 4.32. The molecule has 4 rings (SSSR count). The lowest BCUT2D eigenvalue weighted by Gasteiger charge is -2.13. The van der Waals surface area contributed by atoms with Crippen LogP contribution in [0.15, 0.2) is 64.3 Å². The summed E-state index contributed by atoms with van der Waals surface area (Å²) >= 11 is 0. The van der Waals surface area contributed by atoms with Crippen LogP contribution in [-0.4, -0.2) is 30.3 Å². The van der Waals surface area contributed by atoms with E-state index in [0.29, 0.717) is 29.2 Å². The zero-order valence-electron chi connectivity index (χ0n) is 18.3. The molecule has 0 bridgehead atoms. The van der Waals surface area contributed by atoms with Crippen LogP contribution in [0, 0.1) is 0 Å². The van der Waals surface area contributed by atoms with Crippen molar-refractivity contribution in [2.75, 3.05) is 5.32 Å². The quantitative estimate of drug-likeness (QED) is 0.492. The minimum atomic E-state index is -3.70. The van der Waals surface area contributed by atoms with E-state index in [9.17, 15) is 18.0 Å². The number of nitrogens with one attached hydrogen (secondary N) is 3. The molecule has 1 heterocycles. The van der Waals surface area contributed by atoms with Gasteiger partial charge in [-0.25, -0.2) is 18.1 Å². The summed E-state index contributed by atoms with van der Waals surface area (Å²) in [5.74, 6) is -0.0182. The minimum absolute atomic E-state index is 0.0542. The highest BCUT2D eigenvalue weighted by molar-refractivity contribution is 7.89. The maximum atomic E-state index is 12.8. The van der Waals surface area contributed by atoms with Crippen molar-refractivity contribution in [2.24, 2.45) is 0 Å². The van der Waals surface area contributed by atoms with Crippen molar-refractivity contribution in [2.45, 2.75) is 50.0 Å². The van der Waals surface area contributed by atoms with E-state index in [2.05, 4.69) is 20.0 Å². The standard InChI is InChI=1S/C24H26N4O4S/c1-2-18-15-22(29)27-23(25-18)16-7-5-11-20(13-16)26-24(30)17-8-6-12-21(14-17)33(31,32)28-19-9-3-4-10-19/h5-8,11-15,19,28H,2-4,9-10H2,1H3,(H,26,30)(H,25,27,29). The summed E-state index contributed by atoms with van der Waals surface area (Å²) in [6.45, 7) is 1.92. The first-order valence-corrected chi connectivity index (χ1v) is 12.5. The number of sulfonamides is 1. The minimum Gasteiger partial charge on any atom is -0.322 e. The highest BCUT2D eigenvalue weighted by Gasteiger charge is 2.23. The van der Waals surface area contributed by atoms with Gasteiger partial charge in [-0.05, 0) is 49.6 Å². The van der Waals surface area contributed by atoms with Crippen LogP contribution in [0.5, 0.6) is 0 Å². The zero-order valence-corrected chi connectivity index (χ0v) is 19.1. The average Bonchev–Trinajstić information content (AvgIpc) is 3.31. The summed E-state index contributed by atoms with van der Waals surface area (Å²) in [4.78, 5) is 31.9. The molecule has 3 N–H and O–H groups in total. The van der Waals surface area contributed by atoms with Crippen molar-refractivity contribution in [3.63, 3.8) is 0 Å². The van der Waals surface area contributed by atoms with Gasteiger partial charge in [0.15, 0.2) is 0 Å². The first-order chi connectivity index (χ1) is 15.8. The largest absolute Gasteiger partial charge is 0.322 e. The molecule has 3 aromatic rings. The van der Waals surface area contributed by atoms with Crippen LogP contribution in [0.4, 0.5) is 5.69 Å². The molecule has 0 aliphatic heterocycles. The SMILES string of the molecule is CCc1cc(=O)[nH]c(-c2cccc(NC(=O)c3cccc(S(=O)(=O)NC4CCCC4)c3)c2)n1. The fraction of sp³-hybridized carbons (Fsp3) is 0.292. The van der Waals surface area contributed by atoms with Gasteiger partial charge in [0.1, 0.15) is 5.82 Å². The van der Waals surface area contributed by atoms with Crippen LogP contribution in [0.2, 0.25) is 0 Å². The van der Waals surface area contributed by atoms with E-state index in [4.69, 9.17) is 0 Å². The Morgan fingerprint density at radius 1 is 1.09 bits per heavy atom. The number of hydrogen-bond donors (Lipinski definition) is 3. The molecule has 0 atom stereocenters. The zero-order chi connectivity index (χ0) is 23.4. The molecule has 9 heteroatoms. The third kappa shape index (κ3) is 5.55. The molecule has 0 spiro atoms. The predicted octanol–water partition coefficient (Wildman–Crippen LogP) is 3.47. The van der Waals surface area contributed by atoms with Crippen molar-refractivity contribution in [1.82, 2.24) is 14.7 Å². The number of carbonyl (C=O) groups excluding carboxylic acids is 1. The normalized spacial score (nSPS) is 14.3. The second-order valence-corrected chi connectivity index (χ2v) is 9.82. The molecular weight excluding hydrogens is 440 g/mol. The van der Waals surface area contributed by atoms with E-state index in [-0.39, 0.29) is 22.1 Å². The number of anilines is 1. The highest BCUT2D eigenvalue weighted by Crippen LogP contribution is 2.22. The summed E-state index contributed by atoms with van der Waals surface area (Å²) in [6, 6.07) is 14.3. The van der Waals surface area contributed by atoms with Gasteiger partial charge in [0.05, 0.1) is 4.90 Å². The summed E-state index contributed by atoms with van der Waals surface area (Å²) in [7, 11) is -3.70. The molecule has 1 amide bonds. The van der Waals surface area contributed by atoms with Crippen molar-refractivity contribution in [3.05, 3.63) is 76.2 Å². The van der Waals surface area contributed by atoms with E-state index in [1.165, 1.54) is 18.2 Å². The number of carbonyl (C=O) groups is 1. The van der Waals surface area contributed by atoms with Crippen molar-refractivity contribution in [3.8, 4) is 11.4 Å². The first-order valence-electron chi connectivity index (χ1n) is 11.0. The molecule has 1 fully saturated rings. The number of amides is 1. The molecule has 172 valence electrons. The lowest BCUT2D eigenvalue weighted by Crippen LogP contribution is -2.32. The fourth-order valence-corrected chi connectivity index (χ4v) is 5.26. The average molecular weight is 467 g/mol. The fourth-order valence-electron chi connectivity index (χ4n) is 3.91. The van der Waals surface area contributed by atoms with Gasteiger partial charge in [-0.2, -0.15) is 0 Å². The molecule has 2 aromatic carbocycles. The molecule has 8 nitrogen and oxygen atoms in total. The Morgan fingerprint density at radius 2 is 1.85 bits per heavy atom. The second kappa shape index (κ2) is 9.68. The molecule has 1 aliphatic rings. The van der Waals surface area contributed by atoms with E-state index in [0.717, 1.165) is 25.7 Å². The van der Waals surface area contributed by atoms with Gasteiger partial charge in [-0.1, -0.05) is 38.0 Å². The number of aromatic amines is 1. The number of H-pyrrole nitrogens is 1. The van der Waals surface area contributed by atoms with Crippen LogP contribution in [0.3, 0.4) is 0 Å². The summed E-state index contributed by atoms with van der Waals surface area (Å²) in [5.41, 5.74) is 1.81. The van der Waals surface area contributed by atoms with Gasteiger partial charge in [-0.15, -0.1) is 0 Å². The van der Waals surface area contributed by atoms with Crippen LogP contribution in [-0.2, 0) is 16.4 Å². The molecule has 33 heavy (non-hydrogen) atoms. The van der Waals surface area contributed by atoms with Crippen LogP contribution >= 0.6 is 0 Å². The molecule has 1 saturated carbocycles. The lowest BCUT2D eigenvalue weighted by molar-refractivity contribution is 0.102. The number of nitrogens with zero attached hydrogens (tertiary/aromatic N) is 1. The Balaban J connectivity index is 1.53. The third-order valence-corrected chi connectivity index (χ3v) is 7.15. The maximum Gasteiger partial charge on any atom is 0.255 e. The summed E-state index contributed by atoms with van der Waals surface area (Å²) in [5, 5.41) is 2.79. The molecule has 0 radical (unpaired) electrons. The second-order valence-electron chi connectivity index (χ2n) is 8.10. The summed E-state index contributed by atoms with van der Waals surface area (Å²) < 4.78 is 28.2. The maximum absolute atomic E-state index is 12.8. The smallest absolute Gasteiger partial charge is 0.255 e. The van der Waals surface area contributed by atoms with Gasteiger partial charge in [0.2, 0.25) is 10.0 Å². The van der Waals surface area contributed by atoms with Crippen LogP contribution < -0.4 is 15.6 Å². The van der Waals surface area contributed by atoms with E-state index in [1.807, 2.05) is 6.92 Å². The topological polar surface area (TPSA) is 121 Å². The van der Waals surface area contributed by atoms with Crippen LogP contribution in [0.1, 0.15) is 48.7 Å². The number of rotatable bonds is 7. The van der Waals surface area contributed by atoms with Gasteiger partial charge in [-0.3, -0.25) is 9.59 Å². The van der Waals surface area contributed by atoms with Gasteiger partial charge < -0.3 is 10.3 Å². The third-order valence-electron chi connectivity index (χ3n) is 5.63. The van der Waals surface area contributed by atoms with Crippen LogP contribution in [0.25, 0.3) is 11.4 Å². The van der Waals surface area contributed by atoms with Gasteiger partial charge >= 0.3 is 0 Å². The first kappa shape index (κ1) is 22.9. The highest BCUT2D eigenvalue weighted by atomic mass is 32.2. The van der Waals surface area contributed by atoms with Gasteiger partial charge in [0.25, 0.3) is 11.5 Å². The molecular formula is C24H26N4O4S. The monoisotopic (exact) mass is 466 g/mol. The van der Waals surface area contributed by atoms with E-state index >= 15 is 0 Å². The molecule has 1 aliphatic carbocycles. The van der Waals surface area contributed by atoms with Crippen molar-refractivity contribution >= 4 is 21.6 Å². The number of aromatic nitrogens is 2.